The summed E-state index contributed by atoms with van der Waals surface area (Å²) in [6.45, 7) is 3.91. The van der Waals surface area contributed by atoms with Crippen LogP contribution in [0.2, 0.25) is 0 Å². The highest BCUT2D eigenvalue weighted by Gasteiger charge is 2.03. The second kappa shape index (κ2) is 3.46. The van der Waals surface area contributed by atoms with Crippen molar-refractivity contribution in [1.82, 2.24) is 0 Å². The Hall–Kier alpha value is -0.210. The van der Waals surface area contributed by atoms with Crippen molar-refractivity contribution in [3.63, 3.8) is 0 Å². The zero-order valence-electron chi connectivity index (χ0n) is 6.32. The van der Waals surface area contributed by atoms with Crippen LogP contribution < -0.4 is 4.29 Å². The molecule has 0 bridgehead atoms. The van der Waals surface area contributed by atoms with E-state index in [0.29, 0.717) is 0 Å². The number of rotatable bonds is 1. The van der Waals surface area contributed by atoms with Gasteiger partial charge >= 0.3 is 0 Å². The van der Waals surface area contributed by atoms with Crippen LogP contribution in [-0.2, 0) is 0 Å². The third-order valence-electron chi connectivity index (χ3n) is 1.50. The maximum absolute atomic E-state index is 5.27. The van der Waals surface area contributed by atoms with E-state index in [1.807, 2.05) is 26.0 Å². The van der Waals surface area contributed by atoms with Crippen LogP contribution in [0, 0.1) is 13.8 Å². The third-order valence-corrected chi connectivity index (χ3v) is 2.11. The van der Waals surface area contributed by atoms with Crippen molar-refractivity contribution < 1.29 is 4.29 Å². The topological polar surface area (TPSA) is 9.23 Å². The van der Waals surface area contributed by atoms with E-state index in [9.17, 15) is 0 Å². The molecule has 0 aromatic heterocycles. The van der Waals surface area contributed by atoms with Crippen molar-refractivity contribution in [3.05, 3.63) is 27.7 Å². The molecule has 0 heterocycles. The lowest BCUT2D eigenvalue weighted by atomic mass is 10.1. The molecule has 11 heavy (non-hydrogen) atoms. The molecule has 1 nitrogen and oxygen atoms in total. The first-order valence-electron chi connectivity index (χ1n) is 3.20. The van der Waals surface area contributed by atoms with E-state index in [1.165, 1.54) is 0 Å². The Morgan fingerprint density at radius 1 is 1.27 bits per heavy atom. The van der Waals surface area contributed by atoms with Crippen LogP contribution in [0.1, 0.15) is 11.1 Å². The van der Waals surface area contributed by atoms with Crippen molar-refractivity contribution in [2.24, 2.45) is 0 Å². The van der Waals surface area contributed by atoms with Crippen molar-refractivity contribution in [2.75, 3.05) is 0 Å². The Balaban J connectivity index is 3.25. The van der Waals surface area contributed by atoms with Gasteiger partial charge in [0.15, 0.2) is 5.75 Å². The lowest BCUT2D eigenvalue weighted by Crippen LogP contribution is -1.85. The van der Waals surface area contributed by atoms with Crippen LogP contribution in [0.4, 0.5) is 0 Å². The molecule has 0 aliphatic heterocycles. The fourth-order valence-corrected chi connectivity index (χ4v) is 1.95. The Labute approximate surface area is 79.6 Å². The fraction of sp³-hybridized carbons (Fsp3) is 0.250. The molecule has 3 heteroatoms. The first-order valence-corrected chi connectivity index (χ1v) is 4.30. The summed E-state index contributed by atoms with van der Waals surface area (Å²) in [6.07, 6.45) is 0. The molecule has 0 radical (unpaired) electrons. The van der Waals surface area contributed by atoms with E-state index in [0.717, 1.165) is 21.3 Å². The van der Waals surface area contributed by atoms with Gasteiger partial charge in [-0.05, 0) is 37.1 Å². The average molecular weight is 236 g/mol. The summed E-state index contributed by atoms with van der Waals surface area (Å²) in [5.74, 6) is 0.745. The predicted octanol–water partition coefficient (Wildman–Crippen LogP) is 3.60. The van der Waals surface area contributed by atoms with Crippen molar-refractivity contribution in [2.45, 2.75) is 13.8 Å². The summed E-state index contributed by atoms with van der Waals surface area (Å²) in [5.41, 5.74) is 2.07. The van der Waals surface area contributed by atoms with Gasteiger partial charge in [0.2, 0.25) is 0 Å². The van der Waals surface area contributed by atoms with Gasteiger partial charge in [-0.3, -0.25) is 0 Å². The van der Waals surface area contributed by atoms with Gasteiger partial charge in [0.25, 0.3) is 0 Å². The highest BCUT2D eigenvalue weighted by Crippen LogP contribution is 2.27. The van der Waals surface area contributed by atoms with E-state index < -0.39 is 0 Å². The number of hydrogen-bond donors (Lipinski definition) is 0. The lowest BCUT2D eigenvalue weighted by Gasteiger charge is -2.05. The summed E-state index contributed by atoms with van der Waals surface area (Å²) < 4.78 is 5.73. The normalized spacial score (nSPS) is 9.82. The Morgan fingerprint density at radius 2 is 1.73 bits per heavy atom. The van der Waals surface area contributed by atoms with E-state index in [2.05, 4.69) is 20.2 Å². The third kappa shape index (κ3) is 1.88. The minimum absolute atomic E-state index is 0.745. The zero-order chi connectivity index (χ0) is 8.43. The zero-order valence-corrected chi connectivity index (χ0v) is 8.66. The van der Waals surface area contributed by atoms with Crippen LogP contribution in [0.25, 0.3) is 0 Å². The quantitative estimate of drug-likeness (QED) is 0.723. The standard InChI is InChI=1S/C8H8BrClO/c1-5-3-7(9)4-6(2)8(5)11-10/h3-4H,1-2H3. The molecule has 0 aliphatic carbocycles. The van der Waals surface area contributed by atoms with Crippen LogP contribution in [0.3, 0.4) is 0 Å². The molecule has 0 amide bonds. The molecule has 0 saturated heterocycles. The summed E-state index contributed by atoms with van der Waals surface area (Å²) >= 11 is 8.65. The average Bonchev–Trinajstić information content (AvgIpc) is 1.85. The van der Waals surface area contributed by atoms with Gasteiger partial charge in [0.05, 0.1) is 0 Å². The first-order chi connectivity index (χ1) is 5.15. The molecule has 1 aromatic rings. The summed E-state index contributed by atoms with van der Waals surface area (Å²) in [5, 5.41) is 0. The van der Waals surface area contributed by atoms with Crippen LogP contribution in [-0.4, -0.2) is 0 Å². The summed E-state index contributed by atoms with van der Waals surface area (Å²) in [7, 11) is 0. The number of halogens is 2. The van der Waals surface area contributed by atoms with E-state index >= 15 is 0 Å². The molecule has 0 atom stereocenters. The lowest BCUT2D eigenvalue weighted by molar-refractivity contribution is 0.607. The highest BCUT2D eigenvalue weighted by molar-refractivity contribution is 9.10. The largest absolute Gasteiger partial charge is 0.385 e. The highest BCUT2D eigenvalue weighted by atomic mass is 79.9. The Morgan fingerprint density at radius 3 is 2.09 bits per heavy atom. The number of benzene rings is 1. The monoisotopic (exact) mass is 234 g/mol. The second-order valence-electron chi connectivity index (χ2n) is 2.45. The van der Waals surface area contributed by atoms with Gasteiger partial charge in [0, 0.05) is 4.47 Å². The SMILES string of the molecule is Cc1cc(Br)cc(C)c1OCl. The molecule has 0 unspecified atom stereocenters. The molecular weight excluding hydrogens is 227 g/mol. The summed E-state index contributed by atoms with van der Waals surface area (Å²) in [6, 6.07) is 3.93. The first kappa shape index (κ1) is 8.88. The van der Waals surface area contributed by atoms with Gasteiger partial charge in [-0.1, -0.05) is 15.9 Å². The minimum Gasteiger partial charge on any atom is -0.385 e. The molecular formula is C8H8BrClO. The predicted molar refractivity (Wildman–Crippen MR) is 50.1 cm³/mol. The van der Waals surface area contributed by atoms with E-state index in [-0.39, 0.29) is 0 Å². The van der Waals surface area contributed by atoms with Crippen molar-refractivity contribution in [1.29, 1.82) is 0 Å². The molecule has 0 aliphatic rings. The van der Waals surface area contributed by atoms with Gasteiger partial charge in [-0.2, -0.15) is 0 Å². The molecule has 0 spiro atoms. The molecule has 0 fully saturated rings. The van der Waals surface area contributed by atoms with Crippen LogP contribution in [0.5, 0.6) is 5.75 Å². The second-order valence-corrected chi connectivity index (χ2v) is 3.52. The van der Waals surface area contributed by atoms with Crippen LogP contribution in [0.15, 0.2) is 16.6 Å². The molecule has 60 valence electrons. The molecule has 0 saturated carbocycles. The van der Waals surface area contributed by atoms with Gasteiger partial charge in [0.1, 0.15) is 11.9 Å². The van der Waals surface area contributed by atoms with Gasteiger partial charge in [-0.25, -0.2) is 0 Å². The molecule has 1 aromatic carbocycles. The summed E-state index contributed by atoms with van der Waals surface area (Å²) in [4.78, 5) is 0. The van der Waals surface area contributed by atoms with Gasteiger partial charge < -0.3 is 4.29 Å². The fourth-order valence-electron chi connectivity index (χ4n) is 1.02. The van der Waals surface area contributed by atoms with Crippen molar-refractivity contribution >= 4 is 27.8 Å². The number of hydrogen-bond acceptors (Lipinski definition) is 1. The number of aryl methyl sites for hydroxylation is 2. The van der Waals surface area contributed by atoms with Gasteiger partial charge in [-0.15, -0.1) is 0 Å². The molecule has 1 rings (SSSR count). The van der Waals surface area contributed by atoms with Crippen molar-refractivity contribution in [3.8, 4) is 5.75 Å². The maximum Gasteiger partial charge on any atom is 0.152 e. The van der Waals surface area contributed by atoms with E-state index in [4.69, 9.17) is 11.9 Å². The Kier molecular flexibility index (Phi) is 2.79. The molecule has 0 N–H and O–H groups in total. The van der Waals surface area contributed by atoms with E-state index in [1.54, 1.807) is 0 Å². The smallest absolute Gasteiger partial charge is 0.152 e. The maximum atomic E-state index is 5.27. The minimum atomic E-state index is 0.745. The Bertz CT molecular complexity index is 250. The van der Waals surface area contributed by atoms with Crippen LogP contribution >= 0.6 is 27.8 Å².